The smallest absolute Gasteiger partial charge is 1.00 e. The molecule has 0 N–H and O–H groups in total. The first-order chi connectivity index (χ1) is 2.27. The summed E-state index contributed by atoms with van der Waals surface area (Å²) in [5.74, 6) is 0. The van der Waals surface area contributed by atoms with E-state index in [0.717, 1.165) is 12.0 Å². The van der Waals surface area contributed by atoms with Crippen LogP contribution < -0.4 is 24.0 Å². The molecule has 0 radical (unpaired) electrons. The second-order valence-corrected chi connectivity index (χ2v) is 1.21. The fourth-order valence-electron chi connectivity index (χ4n) is 0. The van der Waals surface area contributed by atoms with Gasteiger partial charge < -0.3 is 30.9 Å². The molecule has 0 saturated heterocycles. The molecule has 0 spiro atoms. The molecule has 0 amide bonds. The van der Waals surface area contributed by atoms with Crippen molar-refractivity contribution in [2.45, 2.75) is 13.3 Å². The molecule has 0 nitrogen and oxygen atoms in total. The summed E-state index contributed by atoms with van der Waals surface area (Å²) in [5, 5.41) is 0. The van der Waals surface area contributed by atoms with E-state index < -0.39 is 0 Å². The van der Waals surface area contributed by atoms with Crippen LogP contribution in [-0.2, 0) is 0 Å². The molecule has 0 rings (SSSR count). The van der Waals surface area contributed by atoms with Crippen LogP contribution in [0.15, 0.2) is 12.2 Å². The van der Waals surface area contributed by atoms with Gasteiger partial charge in [-0.1, -0.05) is 0 Å². The molecule has 0 heterocycles. The maximum Gasteiger partial charge on any atom is 2.00 e. The Labute approximate surface area is 78.9 Å². The SMILES string of the molecule is C=C(C)C[CH2-].[I-].[Mg+2]. The van der Waals surface area contributed by atoms with Gasteiger partial charge in [0.15, 0.2) is 0 Å². The molecule has 7 heavy (non-hydrogen) atoms. The monoisotopic (exact) mass is 220 g/mol. The normalized spacial score (nSPS) is 5.43. The van der Waals surface area contributed by atoms with Gasteiger partial charge in [0.05, 0.1) is 0 Å². The quantitative estimate of drug-likeness (QED) is 0.216. The Hall–Kier alpha value is 1.24. The van der Waals surface area contributed by atoms with Gasteiger partial charge >= 0.3 is 23.1 Å². The molecule has 0 aromatic heterocycles. The Kier molecular flexibility index (Phi) is 23.1. The van der Waals surface area contributed by atoms with Crippen molar-refractivity contribution in [2.24, 2.45) is 0 Å². The average Bonchev–Trinajstić information content (AvgIpc) is 1.38. The zero-order valence-electron chi connectivity index (χ0n) is 4.71. The van der Waals surface area contributed by atoms with Crippen molar-refractivity contribution in [3.8, 4) is 0 Å². The minimum atomic E-state index is 0. The van der Waals surface area contributed by atoms with Crippen LogP contribution in [0.25, 0.3) is 0 Å². The first kappa shape index (κ1) is 15.7. The molecule has 0 saturated carbocycles. The molecule has 2 heteroatoms. The van der Waals surface area contributed by atoms with E-state index in [1.165, 1.54) is 0 Å². The molecule has 0 aliphatic heterocycles. The molecule has 0 aromatic rings. The Bertz CT molecular complexity index is 43.3. The first-order valence-electron chi connectivity index (χ1n) is 1.71. The van der Waals surface area contributed by atoms with Gasteiger partial charge in [0.2, 0.25) is 0 Å². The van der Waals surface area contributed by atoms with Gasteiger partial charge in [-0.25, -0.2) is 0 Å². The molecule has 0 aliphatic carbocycles. The molecule has 0 aromatic carbocycles. The maximum atomic E-state index is 3.61. The van der Waals surface area contributed by atoms with Crippen LogP contribution >= 0.6 is 0 Å². The van der Waals surface area contributed by atoms with E-state index in [4.69, 9.17) is 0 Å². The molecule has 0 fully saturated rings. The summed E-state index contributed by atoms with van der Waals surface area (Å²) >= 11 is 0. The fraction of sp³-hybridized carbons (Fsp3) is 0.400. The van der Waals surface area contributed by atoms with Gasteiger partial charge in [0.25, 0.3) is 0 Å². The van der Waals surface area contributed by atoms with Gasteiger partial charge in [0, 0.05) is 0 Å². The van der Waals surface area contributed by atoms with E-state index in [0.29, 0.717) is 0 Å². The van der Waals surface area contributed by atoms with E-state index >= 15 is 0 Å². The molecular weight excluding hydrogens is 211 g/mol. The topological polar surface area (TPSA) is 0 Å². The van der Waals surface area contributed by atoms with Crippen LogP contribution in [0.3, 0.4) is 0 Å². The van der Waals surface area contributed by atoms with Crippen LogP contribution in [0, 0.1) is 6.92 Å². The third kappa shape index (κ3) is 18.9. The van der Waals surface area contributed by atoms with Crippen molar-refractivity contribution in [3.63, 3.8) is 0 Å². The molecular formula is C5H9IMg. The Morgan fingerprint density at radius 3 is 1.86 bits per heavy atom. The van der Waals surface area contributed by atoms with Gasteiger partial charge in [-0.2, -0.15) is 6.42 Å². The first-order valence-corrected chi connectivity index (χ1v) is 1.71. The Morgan fingerprint density at radius 2 is 1.86 bits per heavy atom. The number of hydrogen-bond donors (Lipinski definition) is 0. The van der Waals surface area contributed by atoms with Gasteiger partial charge in [-0.15, -0.1) is 12.2 Å². The summed E-state index contributed by atoms with van der Waals surface area (Å²) in [7, 11) is 0. The summed E-state index contributed by atoms with van der Waals surface area (Å²) in [6.07, 6.45) is 0.861. The zero-order valence-corrected chi connectivity index (χ0v) is 8.28. The van der Waals surface area contributed by atoms with Crippen molar-refractivity contribution in [2.75, 3.05) is 0 Å². The third-order valence-corrected chi connectivity index (χ3v) is 0.427. The predicted molar refractivity (Wildman–Crippen MR) is 30.5 cm³/mol. The van der Waals surface area contributed by atoms with Crippen molar-refractivity contribution < 1.29 is 24.0 Å². The average molecular weight is 220 g/mol. The second kappa shape index (κ2) is 10.3. The number of hydrogen-bond acceptors (Lipinski definition) is 0. The molecule has 38 valence electrons. The van der Waals surface area contributed by atoms with Crippen molar-refractivity contribution >= 4 is 23.1 Å². The minimum absolute atomic E-state index is 0. The predicted octanol–water partition coefficient (Wildman–Crippen LogP) is -1.59. The van der Waals surface area contributed by atoms with Gasteiger partial charge in [0.1, 0.15) is 0 Å². The van der Waals surface area contributed by atoms with Crippen molar-refractivity contribution in [3.05, 3.63) is 19.1 Å². The van der Waals surface area contributed by atoms with E-state index in [-0.39, 0.29) is 47.0 Å². The number of allylic oxidation sites excluding steroid dienone is 1. The minimum Gasteiger partial charge on any atom is -1.00 e. The van der Waals surface area contributed by atoms with Gasteiger partial charge in [-0.05, 0) is 6.92 Å². The van der Waals surface area contributed by atoms with Crippen molar-refractivity contribution in [1.82, 2.24) is 0 Å². The zero-order chi connectivity index (χ0) is 4.28. The van der Waals surface area contributed by atoms with E-state index in [1.54, 1.807) is 0 Å². The van der Waals surface area contributed by atoms with E-state index in [9.17, 15) is 0 Å². The maximum absolute atomic E-state index is 3.61. The second-order valence-electron chi connectivity index (χ2n) is 1.21. The molecule has 0 atom stereocenters. The Morgan fingerprint density at radius 1 is 1.71 bits per heavy atom. The van der Waals surface area contributed by atoms with Crippen LogP contribution in [0.1, 0.15) is 13.3 Å². The Balaban J connectivity index is -0.0000000800. The van der Waals surface area contributed by atoms with Crippen LogP contribution in [0.4, 0.5) is 0 Å². The van der Waals surface area contributed by atoms with E-state index in [1.807, 2.05) is 6.92 Å². The third-order valence-electron chi connectivity index (χ3n) is 0.427. The molecule has 0 bridgehead atoms. The standard InChI is InChI=1S/C5H9.HI.Mg/c1-4-5(2)3;;/h1-2,4H2,3H3;1H;/q-1;;+2/p-1. The van der Waals surface area contributed by atoms with Crippen LogP contribution in [0.5, 0.6) is 0 Å². The molecule has 0 unspecified atom stereocenters. The largest absolute Gasteiger partial charge is 2.00 e. The van der Waals surface area contributed by atoms with Crippen LogP contribution in [0.2, 0.25) is 0 Å². The van der Waals surface area contributed by atoms with Crippen molar-refractivity contribution in [1.29, 1.82) is 0 Å². The summed E-state index contributed by atoms with van der Waals surface area (Å²) < 4.78 is 0. The molecule has 0 aliphatic rings. The fourth-order valence-corrected chi connectivity index (χ4v) is 0. The summed E-state index contributed by atoms with van der Waals surface area (Å²) in [4.78, 5) is 0. The number of halogens is 1. The van der Waals surface area contributed by atoms with Gasteiger partial charge in [-0.3, -0.25) is 0 Å². The summed E-state index contributed by atoms with van der Waals surface area (Å²) in [5.41, 5.74) is 1.14. The number of rotatable bonds is 1. The summed E-state index contributed by atoms with van der Waals surface area (Å²) in [6.45, 7) is 9.16. The summed E-state index contributed by atoms with van der Waals surface area (Å²) in [6, 6.07) is 0. The van der Waals surface area contributed by atoms with Crippen LogP contribution in [-0.4, -0.2) is 23.1 Å². The van der Waals surface area contributed by atoms with E-state index in [2.05, 4.69) is 13.5 Å².